The number of rotatable bonds is 8. The van der Waals surface area contributed by atoms with Crippen molar-refractivity contribution >= 4 is 53.9 Å². The molecule has 0 aliphatic rings. The summed E-state index contributed by atoms with van der Waals surface area (Å²) in [6, 6.07) is 7.75. The lowest BCUT2D eigenvalue weighted by Crippen LogP contribution is -2.31. The van der Waals surface area contributed by atoms with Crippen LogP contribution in [-0.2, 0) is 16.7 Å². The van der Waals surface area contributed by atoms with E-state index in [4.69, 9.17) is 4.55 Å². The van der Waals surface area contributed by atoms with Crippen LogP contribution in [0.25, 0.3) is 0 Å². The largest absolute Gasteiger partial charge is 0.409 e. The van der Waals surface area contributed by atoms with Crippen molar-refractivity contribution in [2.24, 2.45) is 10.2 Å². The van der Waals surface area contributed by atoms with Crippen molar-refractivity contribution in [2.75, 3.05) is 24.7 Å². The molecule has 0 amide bonds. The molecule has 1 aromatic carbocycles. The summed E-state index contributed by atoms with van der Waals surface area (Å²) in [6.45, 7) is 0.603. The minimum absolute atomic E-state index is 0.228. The fourth-order valence-corrected chi connectivity index (χ4v) is 4.02. The van der Waals surface area contributed by atoms with Crippen molar-refractivity contribution in [1.29, 1.82) is 0 Å². The van der Waals surface area contributed by atoms with E-state index in [-0.39, 0.29) is 5.75 Å². The lowest BCUT2D eigenvalue weighted by atomic mass is 10.3. The molecule has 0 atom stereocenters. The van der Waals surface area contributed by atoms with Gasteiger partial charge in [0.1, 0.15) is 15.7 Å². The molecule has 25 heavy (non-hydrogen) atoms. The first kappa shape index (κ1) is 20.0. The Morgan fingerprint density at radius 1 is 1.20 bits per heavy atom. The highest BCUT2D eigenvalue weighted by molar-refractivity contribution is 9.11. The summed E-state index contributed by atoms with van der Waals surface area (Å²) in [7, 11) is 0.0529. The van der Waals surface area contributed by atoms with Crippen LogP contribution in [0.3, 0.4) is 0 Å². The third-order valence-corrected chi connectivity index (χ3v) is 5.65. The fraction of sp³-hybridized carbons (Fsp3) is 0.400. The topological polar surface area (TPSA) is 86.2 Å². The minimum Gasteiger partial charge on any atom is -0.378 e. The van der Waals surface area contributed by atoms with Crippen LogP contribution in [0.5, 0.6) is 0 Å². The molecule has 2 aromatic rings. The zero-order chi connectivity index (χ0) is 18.4. The summed E-state index contributed by atoms with van der Waals surface area (Å²) in [6.07, 6.45) is 2.90. The highest BCUT2D eigenvalue weighted by atomic mass is 79.9. The third kappa shape index (κ3) is 6.81. The zero-order valence-corrected chi connectivity index (χ0v) is 17.2. The fourth-order valence-electron chi connectivity index (χ4n) is 2.07. The Labute approximate surface area is 159 Å². The van der Waals surface area contributed by atoms with Gasteiger partial charge in [0, 0.05) is 19.8 Å². The monoisotopic (exact) mass is 447 g/mol. The number of unbranched alkanes of at least 4 members (excludes halogenated alkanes) is 1. The first-order valence-electron chi connectivity index (χ1n) is 7.58. The normalized spacial score (nSPS) is 12.0. The third-order valence-electron chi connectivity index (χ3n) is 3.36. The van der Waals surface area contributed by atoms with Crippen LogP contribution >= 0.6 is 27.3 Å². The van der Waals surface area contributed by atoms with Gasteiger partial charge in [-0.05, 0) is 69.5 Å². The molecule has 1 N–H and O–H groups in total. The lowest BCUT2D eigenvalue weighted by molar-refractivity contribution is -0.681. The number of aryl methyl sites for hydroxylation is 1. The predicted molar refractivity (Wildman–Crippen MR) is 103 cm³/mol. The SMILES string of the molecule is CN(C)c1ccc(N=Nc2sc(Br)c[n+]2CCCCS(=O)(=O)O)cc1. The van der Waals surface area contributed by atoms with Crippen molar-refractivity contribution in [1.82, 2.24) is 0 Å². The number of anilines is 1. The van der Waals surface area contributed by atoms with E-state index in [0.29, 0.717) is 19.4 Å². The van der Waals surface area contributed by atoms with E-state index in [2.05, 4.69) is 26.2 Å². The molecule has 0 saturated carbocycles. The molecule has 0 aliphatic heterocycles. The molecular formula is C15H20BrN4O3S2+. The Morgan fingerprint density at radius 2 is 1.88 bits per heavy atom. The van der Waals surface area contributed by atoms with E-state index in [1.807, 2.05) is 54.0 Å². The van der Waals surface area contributed by atoms with Crippen molar-refractivity contribution in [3.05, 3.63) is 34.2 Å². The molecule has 0 spiro atoms. The Morgan fingerprint density at radius 3 is 2.48 bits per heavy atom. The molecule has 1 heterocycles. The molecule has 0 radical (unpaired) electrons. The second-order valence-corrected chi connectivity index (χ2v) is 9.58. The van der Waals surface area contributed by atoms with Crippen molar-refractivity contribution in [2.45, 2.75) is 19.4 Å². The number of halogens is 1. The summed E-state index contributed by atoms with van der Waals surface area (Å²) >= 11 is 4.88. The van der Waals surface area contributed by atoms with Crippen LogP contribution in [0.4, 0.5) is 16.5 Å². The Hall–Kier alpha value is -1.36. The predicted octanol–water partition coefficient (Wildman–Crippen LogP) is 3.95. The van der Waals surface area contributed by atoms with E-state index in [1.54, 1.807) is 0 Å². The van der Waals surface area contributed by atoms with Gasteiger partial charge in [-0.3, -0.25) is 4.55 Å². The van der Waals surface area contributed by atoms with Crippen LogP contribution < -0.4 is 9.47 Å². The van der Waals surface area contributed by atoms with Crippen molar-refractivity contribution in [3.63, 3.8) is 0 Å². The molecule has 0 fully saturated rings. The highest BCUT2D eigenvalue weighted by Crippen LogP contribution is 2.27. The quantitative estimate of drug-likeness (QED) is 0.287. The van der Waals surface area contributed by atoms with Gasteiger partial charge in [-0.2, -0.15) is 8.42 Å². The molecule has 0 unspecified atom stereocenters. The maximum absolute atomic E-state index is 10.7. The second-order valence-electron chi connectivity index (χ2n) is 5.62. The van der Waals surface area contributed by atoms with Gasteiger partial charge >= 0.3 is 5.13 Å². The number of hydrogen-bond acceptors (Lipinski definition) is 6. The van der Waals surface area contributed by atoms with Crippen LogP contribution in [0.15, 0.2) is 44.5 Å². The summed E-state index contributed by atoms with van der Waals surface area (Å²) < 4.78 is 33.1. The van der Waals surface area contributed by atoms with Gasteiger partial charge in [0.05, 0.1) is 17.4 Å². The van der Waals surface area contributed by atoms with E-state index in [0.717, 1.165) is 20.3 Å². The molecular weight excluding hydrogens is 428 g/mol. The number of hydrogen-bond donors (Lipinski definition) is 1. The standard InChI is InChI=1S/C15H19BrN4O3S2/c1-19(2)13-7-5-12(6-8-13)17-18-15-20(11-14(16)24-15)9-3-4-10-25(21,22)23/h5-8,11H,3-4,9-10H2,1-2H3/p+1. The Kier molecular flexibility index (Phi) is 7.05. The zero-order valence-electron chi connectivity index (χ0n) is 14.0. The van der Waals surface area contributed by atoms with E-state index in [1.165, 1.54) is 11.3 Å². The Bertz CT molecular complexity index is 833. The van der Waals surface area contributed by atoms with Crippen LogP contribution in [0.1, 0.15) is 12.8 Å². The van der Waals surface area contributed by atoms with Gasteiger partial charge in [-0.1, -0.05) is 0 Å². The molecule has 136 valence electrons. The summed E-state index contributed by atoms with van der Waals surface area (Å²) in [5, 5.41) is 9.27. The average Bonchev–Trinajstić information content (AvgIpc) is 2.89. The van der Waals surface area contributed by atoms with Gasteiger partial charge < -0.3 is 4.90 Å². The van der Waals surface area contributed by atoms with Gasteiger partial charge in [0.2, 0.25) is 0 Å². The van der Waals surface area contributed by atoms with E-state index < -0.39 is 10.1 Å². The number of benzene rings is 1. The van der Waals surface area contributed by atoms with Gasteiger partial charge in [-0.25, -0.2) is 4.57 Å². The summed E-state index contributed by atoms with van der Waals surface area (Å²) in [5.41, 5.74) is 1.85. The average molecular weight is 448 g/mol. The smallest absolute Gasteiger partial charge is 0.378 e. The number of thiazole rings is 1. The Balaban J connectivity index is 2.01. The molecule has 7 nitrogen and oxygen atoms in total. The molecule has 10 heteroatoms. The molecule has 2 rings (SSSR count). The summed E-state index contributed by atoms with van der Waals surface area (Å²) in [5.74, 6) is -0.228. The highest BCUT2D eigenvalue weighted by Gasteiger charge is 2.16. The lowest BCUT2D eigenvalue weighted by Gasteiger charge is -2.11. The maximum Gasteiger partial charge on any atom is 0.409 e. The van der Waals surface area contributed by atoms with Crippen molar-refractivity contribution in [3.8, 4) is 0 Å². The first-order valence-corrected chi connectivity index (χ1v) is 10.8. The first-order chi connectivity index (χ1) is 11.7. The summed E-state index contributed by atoms with van der Waals surface area (Å²) in [4.78, 5) is 2.01. The van der Waals surface area contributed by atoms with E-state index >= 15 is 0 Å². The number of aromatic nitrogens is 1. The maximum atomic E-state index is 10.7. The molecule has 0 saturated heterocycles. The van der Waals surface area contributed by atoms with Gasteiger partial charge in [0.25, 0.3) is 10.1 Å². The minimum atomic E-state index is -3.90. The van der Waals surface area contributed by atoms with E-state index in [9.17, 15) is 8.42 Å². The van der Waals surface area contributed by atoms with Crippen molar-refractivity contribution < 1.29 is 17.5 Å². The number of azo groups is 1. The molecule has 1 aromatic heterocycles. The molecule has 0 aliphatic carbocycles. The van der Waals surface area contributed by atoms with Gasteiger partial charge in [-0.15, -0.1) is 0 Å². The number of nitrogens with zero attached hydrogens (tertiary/aromatic N) is 4. The van der Waals surface area contributed by atoms with Crippen LogP contribution in [0, 0.1) is 0 Å². The molecule has 0 bridgehead atoms. The van der Waals surface area contributed by atoms with Gasteiger partial charge in [0.15, 0.2) is 0 Å². The van der Waals surface area contributed by atoms with Crippen LogP contribution in [-0.4, -0.2) is 32.8 Å². The van der Waals surface area contributed by atoms with Crippen LogP contribution in [0.2, 0.25) is 0 Å². The second kappa shape index (κ2) is 8.84.